The molecule has 0 atom stereocenters. The summed E-state index contributed by atoms with van der Waals surface area (Å²) in [6.45, 7) is 0. The zero-order valence-corrected chi connectivity index (χ0v) is 7.62. The number of nitrogens with zero attached hydrogens (tertiary/aromatic N) is 2. The lowest BCUT2D eigenvalue weighted by Crippen LogP contribution is -1.95. The Morgan fingerprint density at radius 3 is 2.42 bits per heavy atom. The fourth-order valence-electron chi connectivity index (χ4n) is 0.752. The third kappa shape index (κ3) is 1.83. The molecule has 0 bridgehead atoms. The van der Waals surface area contributed by atoms with Crippen LogP contribution in [-0.2, 0) is 0 Å². The van der Waals surface area contributed by atoms with Gasteiger partial charge in [-0.05, 0) is 12.1 Å². The van der Waals surface area contributed by atoms with Gasteiger partial charge in [-0.2, -0.15) is 5.26 Å². The van der Waals surface area contributed by atoms with E-state index in [4.69, 9.17) is 10.5 Å². The smallest absolute Gasteiger partial charge is 0.186 e. The van der Waals surface area contributed by atoms with Gasteiger partial charge in [0.15, 0.2) is 5.71 Å². The molecule has 0 aromatic heterocycles. The number of benzene rings is 1. The van der Waals surface area contributed by atoms with Gasteiger partial charge in [0, 0.05) is 10.0 Å². The molecule has 0 radical (unpaired) electrons. The molecule has 1 rings (SSSR count). The summed E-state index contributed by atoms with van der Waals surface area (Å²) in [4.78, 5) is 0. The van der Waals surface area contributed by atoms with Gasteiger partial charge in [-0.3, -0.25) is 0 Å². The summed E-state index contributed by atoms with van der Waals surface area (Å²) in [5.74, 6) is 0. The second-order valence-electron chi connectivity index (χ2n) is 2.07. The minimum Gasteiger partial charge on any atom is -0.410 e. The van der Waals surface area contributed by atoms with Gasteiger partial charge in [-0.1, -0.05) is 33.2 Å². The second kappa shape index (κ2) is 3.88. The predicted molar refractivity (Wildman–Crippen MR) is 48.1 cm³/mol. The normalized spacial score (nSPS) is 10.8. The van der Waals surface area contributed by atoms with Gasteiger partial charge in [-0.25, -0.2) is 0 Å². The summed E-state index contributed by atoms with van der Waals surface area (Å²) in [5, 5.41) is 19.7. The molecule has 0 saturated carbocycles. The molecular formula is C8H5BrN2O. The van der Waals surface area contributed by atoms with Crippen LogP contribution in [0.4, 0.5) is 0 Å². The Labute approximate surface area is 78.1 Å². The maximum absolute atomic E-state index is 8.50. The molecule has 0 aliphatic heterocycles. The summed E-state index contributed by atoms with van der Waals surface area (Å²) >= 11 is 3.25. The topological polar surface area (TPSA) is 56.4 Å². The molecule has 60 valence electrons. The first kappa shape index (κ1) is 8.75. The molecule has 4 heteroatoms. The highest BCUT2D eigenvalue weighted by molar-refractivity contribution is 9.10. The van der Waals surface area contributed by atoms with E-state index in [2.05, 4.69) is 21.1 Å². The quantitative estimate of drug-likeness (QED) is 0.452. The average molecular weight is 225 g/mol. The standard InChI is InChI=1S/C8H5BrN2O/c9-7-3-1-6(2-4-7)8(5-10)11-12/h1-4,12H. The number of nitriles is 1. The number of halogens is 1. The first-order valence-electron chi connectivity index (χ1n) is 3.16. The van der Waals surface area contributed by atoms with E-state index in [1.165, 1.54) is 0 Å². The highest BCUT2D eigenvalue weighted by atomic mass is 79.9. The Balaban J connectivity index is 3.06. The van der Waals surface area contributed by atoms with Crippen LogP contribution in [0.15, 0.2) is 33.9 Å². The monoisotopic (exact) mass is 224 g/mol. The molecule has 0 saturated heterocycles. The van der Waals surface area contributed by atoms with Crippen molar-refractivity contribution in [3.8, 4) is 6.07 Å². The zero-order valence-electron chi connectivity index (χ0n) is 6.03. The van der Waals surface area contributed by atoms with E-state index in [0.717, 1.165) is 4.47 Å². The van der Waals surface area contributed by atoms with E-state index >= 15 is 0 Å². The molecule has 0 aliphatic carbocycles. The molecule has 0 spiro atoms. The molecule has 0 amide bonds. The van der Waals surface area contributed by atoms with E-state index < -0.39 is 0 Å². The lowest BCUT2D eigenvalue weighted by Gasteiger charge is -1.94. The first-order valence-corrected chi connectivity index (χ1v) is 3.95. The van der Waals surface area contributed by atoms with Crippen LogP contribution >= 0.6 is 15.9 Å². The van der Waals surface area contributed by atoms with Crippen molar-refractivity contribution in [2.24, 2.45) is 5.16 Å². The van der Waals surface area contributed by atoms with Crippen LogP contribution in [-0.4, -0.2) is 10.9 Å². The van der Waals surface area contributed by atoms with Gasteiger partial charge in [0.1, 0.15) is 6.07 Å². The minimum atomic E-state index is 0.0162. The van der Waals surface area contributed by atoms with E-state index in [0.29, 0.717) is 5.56 Å². The van der Waals surface area contributed by atoms with E-state index in [1.54, 1.807) is 30.3 Å². The number of rotatable bonds is 1. The third-order valence-corrected chi connectivity index (χ3v) is 1.85. The molecule has 0 unspecified atom stereocenters. The minimum absolute atomic E-state index is 0.0162. The summed E-state index contributed by atoms with van der Waals surface area (Å²) in [5.41, 5.74) is 0.616. The number of oxime groups is 1. The molecule has 0 aliphatic rings. The fraction of sp³-hybridized carbons (Fsp3) is 0. The molecule has 0 fully saturated rings. The predicted octanol–water partition coefficient (Wildman–Crippen LogP) is 2.15. The molecule has 0 heterocycles. The summed E-state index contributed by atoms with van der Waals surface area (Å²) in [6, 6.07) is 8.72. The second-order valence-corrected chi connectivity index (χ2v) is 2.98. The van der Waals surface area contributed by atoms with Gasteiger partial charge in [0.25, 0.3) is 0 Å². The lowest BCUT2D eigenvalue weighted by molar-refractivity contribution is 0.320. The Bertz CT molecular complexity index is 337. The van der Waals surface area contributed by atoms with Gasteiger partial charge < -0.3 is 5.21 Å². The van der Waals surface area contributed by atoms with Crippen molar-refractivity contribution < 1.29 is 5.21 Å². The Hall–Kier alpha value is -1.34. The van der Waals surface area contributed by atoms with Crippen molar-refractivity contribution in [3.05, 3.63) is 34.3 Å². The number of hydrogen-bond acceptors (Lipinski definition) is 3. The maximum Gasteiger partial charge on any atom is 0.186 e. The van der Waals surface area contributed by atoms with Crippen molar-refractivity contribution in [3.63, 3.8) is 0 Å². The Kier molecular flexibility index (Phi) is 2.83. The third-order valence-electron chi connectivity index (χ3n) is 1.32. The number of hydrogen-bond donors (Lipinski definition) is 1. The average Bonchev–Trinajstić information content (AvgIpc) is 2.10. The van der Waals surface area contributed by atoms with Crippen molar-refractivity contribution in [2.45, 2.75) is 0 Å². The van der Waals surface area contributed by atoms with E-state index in [9.17, 15) is 0 Å². The molecule has 3 nitrogen and oxygen atoms in total. The zero-order chi connectivity index (χ0) is 8.97. The fourth-order valence-corrected chi connectivity index (χ4v) is 1.02. The molecular weight excluding hydrogens is 220 g/mol. The largest absolute Gasteiger partial charge is 0.410 e. The Morgan fingerprint density at radius 1 is 1.42 bits per heavy atom. The summed E-state index contributed by atoms with van der Waals surface area (Å²) in [7, 11) is 0. The van der Waals surface area contributed by atoms with Crippen LogP contribution in [0.25, 0.3) is 0 Å². The van der Waals surface area contributed by atoms with Gasteiger partial charge in [0.2, 0.25) is 0 Å². The molecule has 1 aromatic carbocycles. The van der Waals surface area contributed by atoms with Crippen LogP contribution in [0.1, 0.15) is 5.56 Å². The van der Waals surface area contributed by atoms with Crippen LogP contribution in [0.5, 0.6) is 0 Å². The van der Waals surface area contributed by atoms with Gasteiger partial charge >= 0.3 is 0 Å². The molecule has 1 N–H and O–H groups in total. The lowest BCUT2D eigenvalue weighted by atomic mass is 10.1. The molecule has 1 aromatic rings. The summed E-state index contributed by atoms with van der Waals surface area (Å²) in [6.07, 6.45) is 0. The molecule has 12 heavy (non-hydrogen) atoms. The van der Waals surface area contributed by atoms with Crippen molar-refractivity contribution in [1.29, 1.82) is 5.26 Å². The highest BCUT2D eigenvalue weighted by Gasteiger charge is 2.00. The SMILES string of the molecule is N#CC(=NO)c1ccc(Br)cc1. The van der Waals surface area contributed by atoms with Gasteiger partial charge in [-0.15, -0.1) is 0 Å². The van der Waals surface area contributed by atoms with Gasteiger partial charge in [0.05, 0.1) is 0 Å². The van der Waals surface area contributed by atoms with Crippen LogP contribution in [0, 0.1) is 11.3 Å². The van der Waals surface area contributed by atoms with Crippen molar-refractivity contribution in [2.75, 3.05) is 0 Å². The van der Waals surface area contributed by atoms with Crippen molar-refractivity contribution >= 4 is 21.6 Å². The maximum atomic E-state index is 8.50. The van der Waals surface area contributed by atoms with Crippen LogP contribution in [0.2, 0.25) is 0 Å². The first-order chi connectivity index (χ1) is 5.77. The van der Waals surface area contributed by atoms with E-state index in [-0.39, 0.29) is 5.71 Å². The van der Waals surface area contributed by atoms with Crippen LogP contribution < -0.4 is 0 Å². The van der Waals surface area contributed by atoms with E-state index in [1.807, 2.05) is 0 Å². The summed E-state index contributed by atoms with van der Waals surface area (Å²) < 4.78 is 0.918. The van der Waals surface area contributed by atoms with Crippen LogP contribution in [0.3, 0.4) is 0 Å². The van der Waals surface area contributed by atoms with Crippen molar-refractivity contribution in [1.82, 2.24) is 0 Å². The Morgan fingerprint density at radius 2 is 2.00 bits per heavy atom. The highest BCUT2D eigenvalue weighted by Crippen LogP contribution is 2.10.